The zero-order chi connectivity index (χ0) is 2.71. The minimum absolute atomic E-state index is 0. The first-order valence-electron chi connectivity index (χ1n) is 0.986. The molecule has 0 bridgehead atoms. The molecule has 0 spiro atoms. The van der Waals surface area contributed by atoms with E-state index in [1.807, 2.05) is 6.92 Å². The minimum Gasteiger partial charge on any atom is -0.153 e. The highest BCUT2D eigenvalue weighted by Gasteiger charge is 1.15. The number of rotatable bonds is 0. The molecule has 0 N–H and O–H groups in total. The fraction of sp³-hybridized carbons (Fsp3) is 0.333. The largest absolute Gasteiger partial charge is 0.153 e. The van der Waals surface area contributed by atoms with Crippen molar-refractivity contribution in [3.63, 3.8) is 0 Å². The molecule has 1 unspecified atom stereocenters. The third kappa shape index (κ3) is 103. The Morgan fingerprint density at radius 1 is 1.75 bits per heavy atom. The third-order valence-corrected chi connectivity index (χ3v) is 0. The Hall–Kier alpha value is 0.170. The normalized spacial score (nSPS) is 3.25. The van der Waals surface area contributed by atoms with Gasteiger partial charge in [0.15, 0.2) is 0 Å². The van der Waals surface area contributed by atoms with E-state index in [2.05, 4.69) is 6.58 Å². The first-order valence-corrected chi connectivity index (χ1v) is 0.986. The van der Waals surface area contributed by atoms with Gasteiger partial charge in [-0.05, 0) is 6.92 Å². The second kappa shape index (κ2) is 10.9. The van der Waals surface area contributed by atoms with Crippen molar-refractivity contribution in [1.82, 2.24) is 0 Å². The lowest BCUT2D eigenvalue weighted by Crippen LogP contribution is -1.07. The van der Waals surface area contributed by atoms with Gasteiger partial charge in [-0.1, -0.05) is 6.08 Å². The average Bonchev–Trinajstić information content (AvgIpc) is 0.918. The predicted molar refractivity (Wildman–Crippen MR) is 27.0 cm³/mol. The second-order valence-corrected chi connectivity index (χ2v) is 0.408. The zero-order valence-corrected chi connectivity index (χ0v) is 4.41. The summed E-state index contributed by atoms with van der Waals surface area (Å²) in [5.74, 6) is 0. The van der Waals surface area contributed by atoms with Gasteiger partial charge in [0.1, 0.15) is 0 Å². The average molecular weight is 76.1 g/mol. The Morgan fingerprint density at radius 3 is 1.75 bits per heavy atom. The van der Waals surface area contributed by atoms with E-state index >= 15 is 0 Å². The second-order valence-electron chi connectivity index (χ2n) is 0.408. The van der Waals surface area contributed by atoms with Crippen LogP contribution in [0.25, 0.3) is 0 Å². The Morgan fingerprint density at radius 2 is 1.75 bits per heavy atom. The number of hydrogen-bond donors (Lipinski definition) is 0. The summed E-state index contributed by atoms with van der Waals surface area (Å²) in [6.45, 7) is 5.25. The SMILES string of the molecule is C=CC.P. The van der Waals surface area contributed by atoms with E-state index in [-0.39, 0.29) is 9.90 Å². The Labute approximate surface area is 30.5 Å². The summed E-state index contributed by atoms with van der Waals surface area (Å²) in [6, 6.07) is 0. The molecule has 0 radical (unpaired) electrons. The molecule has 0 saturated carbocycles. The Kier molecular flexibility index (Phi) is 24.3. The van der Waals surface area contributed by atoms with E-state index in [4.69, 9.17) is 0 Å². The minimum atomic E-state index is 0. The van der Waals surface area contributed by atoms with Crippen LogP contribution in [0.15, 0.2) is 12.7 Å². The monoisotopic (exact) mass is 76.0 g/mol. The van der Waals surface area contributed by atoms with Crippen molar-refractivity contribution in [3.05, 3.63) is 12.7 Å². The van der Waals surface area contributed by atoms with Gasteiger partial charge in [0.2, 0.25) is 0 Å². The summed E-state index contributed by atoms with van der Waals surface area (Å²) in [6.07, 6.45) is 1.75. The van der Waals surface area contributed by atoms with Crippen LogP contribution in [0.5, 0.6) is 0 Å². The van der Waals surface area contributed by atoms with Gasteiger partial charge in [-0.3, -0.25) is 0 Å². The summed E-state index contributed by atoms with van der Waals surface area (Å²) in [5, 5.41) is 0. The van der Waals surface area contributed by atoms with Crippen molar-refractivity contribution in [1.29, 1.82) is 0 Å². The van der Waals surface area contributed by atoms with Crippen molar-refractivity contribution in [2.45, 2.75) is 6.92 Å². The molecule has 26 valence electrons. The molecule has 0 amide bonds. The van der Waals surface area contributed by atoms with Crippen molar-refractivity contribution in [2.24, 2.45) is 0 Å². The molecule has 0 aliphatic rings. The molecule has 0 saturated heterocycles. The molecule has 4 heavy (non-hydrogen) atoms. The summed E-state index contributed by atoms with van der Waals surface area (Å²) in [7, 11) is 0. The lowest BCUT2D eigenvalue weighted by Gasteiger charge is -1.31. The van der Waals surface area contributed by atoms with Crippen LogP contribution in [0, 0.1) is 0 Å². The van der Waals surface area contributed by atoms with Crippen LogP contribution < -0.4 is 0 Å². The Bertz CT molecular complexity index is 10.8. The van der Waals surface area contributed by atoms with E-state index in [1.165, 1.54) is 0 Å². The predicted octanol–water partition coefficient (Wildman–Crippen LogP) is 1.25. The van der Waals surface area contributed by atoms with Gasteiger partial charge < -0.3 is 0 Å². The third-order valence-electron chi connectivity index (χ3n) is 0. The van der Waals surface area contributed by atoms with Crippen LogP contribution in [-0.2, 0) is 0 Å². The highest BCUT2D eigenvalue weighted by Crippen LogP contribution is 1.38. The van der Waals surface area contributed by atoms with Crippen molar-refractivity contribution in [3.8, 4) is 0 Å². The highest BCUT2D eigenvalue weighted by molar-refractivity contribution is 6.92. The molecule has 0 aliphatic carbocycles. The molecular weight excluding hydrogens is 67.0 g/mol. The smallest absolute Gasteiger partial charge is 0.0473 e. The van der Waals surface area contributed by atoms with Gasteiger partial charge in [-0.25, -0.2) is 0 Å². The van der Waals surface area contributed by atoms with Gasteiger partial charge in [-0.15, -0.1) is 6.58 Å². The maximum Gasteiger partial charge on any atom is -0.0473 e. The molecule has 0 rings (SSSR count). The van der Waals surface area contributed by atoms with E-state index < -0.39 is 0 Å². The van der Waals surface area contributed by atoms with E-state index in [0.29, 0.717) is 0 Å². The van der Waals surface area contributed by atoms with E-state index in [1.54, 1.807) is 6.08 Å². The number of hydrogen-bond acceptors (Lipinski definition) is 0. The van der Waals surface area contributed by atoms with Crippen molar-refractivity contribution in [2.75, 3.05) is 0 Å². The van der Waals surface area contributed by atoms with Gasteiger partial charge in [0.05, 0.1) is 0 Å². The molecule has 0 heterocycles. The molecule has 0 aromatic rings. The summed E-state index contributed by atoms with van der Waals surface area (Å²) in [5.41, 5.74) is 0. The lowest BCUT2D eigenvalue weighted by atomic mass is 10.8. The summed E-state index contributed by atoms with van der Waals surface area (Å²) < 4.78 is 0. The van der Waals surface area contributed by atoms with Crippen LogP contribution in [0.4, 0.5) is 0 Å². The van der Waals surface area contributed by atoms with E-state index in [9.17, 15) is 0 Å². The fourth-order valence-electron chi connectivity index (χ4n) is 0. The van der Waals surface area contributed by atoms with Gasteiger partial charge in [0.25, 0.3) is 0 Å². The molecule has 1 heteroatoms. The zero-order valence-electron chi connectivity index (χ0n) is 2.99. The summed E-state index contributed by atoms with van der Waals surface area (Å²) >= 11 is 0. The van der Waals surface area contributed by atoms with Gasteiger partial charge >= 0.3 is 0 Å². The first kappa shape index (κ1) is 8.90. The van der Waals surface area contributed by atoms with Crippen LogP contribution >= 0.6 is 9.90 Å². The van der Waals surface area contributed by atoms with Gasteiger partial charge in [-0.2, -0.15) is 9.90 Å². The van der Waals surface area contributed by atoms with Crippen LogP contribution in [0.3, 0.4) is 0 Å². The van der Waals surface area contributed by atoms with Crippen LogP contribution in [0.2, 0.25) is 0 Å². The fourth-order valence-corrected chi connectivity index (χ4v) is 0. The topological polar surface area (TPSA) is 0 Å². The van der Waals surface area contributed by atoms with E-state index in [0.717, 1.165) is 0 Å². The molecule has 0 aliphatic heterocycles. The molecule has 0 aromatic carbocycles. The highest BCUT2D eigenvalue weighted by atomic mass is 31.0. The quantitative estimate of drug-likeness (QED) is 0.301. The molecule has 0 aromatic heterocycles. The molecule has 0 fully saturated rings. The molecular formula is C3H9P. The van der Waals surface area contributed by atoms with Crippen LogP contribution in [0.1, 0.15) is 6.92 Å². The maximum atomic E-state index is 3.36. The summed E-state index contributed by atoms with van der Waals surface area (Å²) in [4.78, 5) is 0. The standard InChI is InChI=1S/C3H6.H3P/c1-3-2;/h3H,1H2,2H3;1H3. The van der Waals surface area contributed by atoms with Gasteiger partial charge in [0, 0.05) is 0 Å². The number of allylic oxidation sites excluding steroid dienone is 1. The maximum absolute atomic E-state index is 3.36. The van der Waals surface area contributed by atoms with Crippen molar-refractivity contribution < 1.29 is 0 Å². The Balaban J connectivity index is 0. The molecule has 1 atom stereocenters. The van der Waals surface area contributed by atoms with Crippen molar-refractivity contribution >= 4 is 9.90 Å². The lowest BCUT2D eigenvalue weighted by molar-refractivity contribution is 1.80. The van der Waals surface area contributed by atoms with Crippen LogP contribution in [-0.4, -0.2) is 0 Å². The molecule has 0 nitrogen and oxygen atoms in total. The first-order chi connectivity index (χ1) is 1.41.